The van der Waals surface area contributed by atoms with E-state index >= 15 is 0 Å². The van der Waals surface area contributed by atoms with Crippen molar-refractivity contribution in [2.45, 2.75) is 0 Å². The highest BCUT2D eigenvalue weighted by atomic mass is 35.5. The summed E-state index contributed by atoms with van der Waals surface area (Å²) in [5, 5.41) is 9.82. The van der Waals surface area contributed by atoms with E-state index in [0.29, 0.717) is 10.6 Å². The average Bonchev–Trinajstić information content (AvgIpc) is 2.77. The molecule has 0 saturated carbocycles. The summed E-state index contributed by atoms with van der Waals surface area (Å²) in [6.07, 6.45) is 0. The number of para-hydroxylation sites is 1. The van der Waals surface area contributed by atoms with E-state index in [1.165, 1.54) is 0 Å². The summed E-state index contributed by atoms with van der Waals surface area (Å²) in [6, 6.07) is 15.3. The number of hydrogen-bond acceptors (Lipinski definition) is 2. The molecule has 92 valence electrons. The van der Waals surface area contributed by atoms with Crippen LogP contribution in [0.1, 0.15) is 5.56 Å². The number of nitriles is 1. The Hall–Kier alpha value is -2.31. The van der Waals surface area contributed by atoms with Crippen LogP contribution in [0.25, 0.3) is 22.4 Å². The SMILES string of the molecule is Cn1c(-c2ccc(Cl)cc2)nc2c(C#N)cccc21. The fraction of sp³-hybridized carbons (Fsp3) is 0.0667. The van der Waals surface area contributed by atoms with Gasteiger partial charge in [0.15, 0.2) is 0 Å². The summed E-state index contributed by atoms with van der Waals surface area (Å²) in [7, 11) is 1.94. The maximum absolute atomic E-state index is 9.13. The lowest BCUT2D eigenvalue weighted by Crippen LogP contribution is -1.91. The number of halogens is 1. The molecule has 0 saturated heterocycles. The predicted molar refractivity (Wildman–Crippen MR) is 75.9 cm³/mol. The summed E-state index contributed by atoms with van der Waals surface area (Å²) in [6.45, 7) is 0. The van der Waals surface area contributed by atoms with Gasteiger partial charge < -0.3 is 4.57 Å². The van der Waals surface area contributed by atoms with Crippen molar-refractivity contribution in [1.29, 1.82) is 5.26 Å². The molecule has 3 aromatic rings. The van der Waals surface area contributed by atoms with Crippen molar-refractivity contribution in [1.82, 2.24) is 9.55 Å². The quantitative estimate of drug-likeness (QED) is 0.673. The fourth-order valence-electron chi connectivity index (χ4n) is 2.16. The van der Waals surface area contributed by atoms with Gasteiger partial charge in [-0.05, 0) is 36.4 Å². The van der Waals surface area contributed by atoms with Crippen molar-refractivity contribution >= 4 is 22.6 Å². The summed E-state index contributed by atoms with van der Waals surface area (Å²) < 4.78 is 1.99. The van der Waals surface area contributed by atoms with Crippen LogP contribution in [0.5, 0.6) is 0 Å². The molecule has 0 aliphatic carbocycles. The monoisotopic (exact) mass is 267 g/mol. The highest BCUT2D eigenvalue weighted by Crippen LogP contribution is 2.26. The molecule has 1 aromatic heterocycles. The van der Waals surface area contributed by atoms with Gasteiger partial charge in [-0.2, -0.15) is 5.26 Å². The highest BCUT2D eigenvalue weighted by Gasteiger charge is 2.12. The minimum Gasteiger partial charge on any atom is -0.327 e. The van der Waals surface area contributed by atoms with Crippen LogP contribution in [-0.2, 0) is 7.05 Å². The van der Waals surface area contributed by atoms with Gasteiger partial charge in [0.25, 0.3) is 0 Å². The van der Waals surface area contributed by atoms with E-state index in [1.54, 1.807) is 6.07 Å². The van der Waals surface area contributed by atoms with E-state index in [0.717, 1.165) is 22.4 Å². The van der Waals surface area contributed by atoms with E-state index in [4.69, 9.17) is 16.9 Å². The van der Waals surface area contributed by atoms with Gasteiger partial charge >= 0.3 is 0 Å². The molecule has 0 N–H and O–H groups in total. The molecule has 0 amide bonds. The van der Waals surface area contributed by atoms with Crippen LogP contribution >= 0.6 is 11.6 Å². The minimum absolute atomic E-state index is 0.591. The fourth-order valence-corrected chi connectivity index (χ4v) is 2.29. The van der Waals surface area contributed by atoms with Gasteiger partial charge in [0.2, 0.25) is 0 Å². The third kappa shape index (κ3) is 1.87. The first-order valence-corrected chi connectivity index (χ1v) is 6.20. The zero-order valence-corrected chi connectivity index (χ0v) is 11.0. The van der Waals surface area contributed by atoms with Crippen molar-refractivity contribution in [3.8, 4) is 17.5 Å². The number of aryl methyl sites for hydroxylation is 1. The van der Waals surface area contributed by atoms with E-state index in [-0.39, 0.29) is 0 Å². The Morgan fingerprint density at radius 3 is 2.58 bits per heavy atom. The lowest BCUT2D eigenvalue weighted by molar-refractivity contribution is 0.959. The van der Waals surface area contributed by atoms with Crippen LogP contribution in [0.3, 0.4) is 0 Å². The van der Waals surface area contributed by atoms with Crippen LogP contribution in [-0.4, -0.2) is 9.55 Å². The van der Waals surface area contributed by atoms with Crippen LogP contribution in [0, 0.1) is 11.3 Å². The zero-order valence-electron chi connectivity index (χ0n) is 10.3. The van der Waals surface area contributed by atoms with Gasteiger partial charge in [0.1, 0.15) is 17.4 Å². The topological polar surface area (TPSA) is 41.6 Å². The Balaban J connectivity index is 2.29. The number of rotatable bonds is 1. The van der Waals surface area contributed by atoms with Gasteiger partial charge in [-0.25, -0.2) is 4.98 Å². The molecule has 3 nitrogen and oxygen atoms in total. The third-order valence-corrected chi connectivity index (χ3v) is 3.39. The second-order valence-corrected chi connectivity index (χ2v) is 4.72. The number of nitrogens with zero attached hydrogens (tertiary/aromatic N) is 3. The molecular weight excluding hydrogens is 258 g/mol. The molecule has 3 rings (SSSR count). The molecule has 0 fully saturated rings. The first-order valence-electron chi connectivity index (χ1n) is 5.82. The molecule has 19 heavy (non-hydrogen) atoms. The van der Waals surface area contributed by atoms with Crippen molar-refractivity contribution in [2.75, 3.05) is 0 Å². The standard InChI is InChI=1S/C15H10ClN3/c1-19-13-4-2-3-11(9-17)14(13)18-15(19)10-5-7-12(16)8-6-10/h2-8H,1H3. The van der Waals surface area contributed by atoms with E-state index in [1.807, 2.05) is 48.0 Å². The van der Waals surface area contributed by atoms with Gasteiger partial charge in [0, 0.05) is 17.6 Å². The Kier molecular flexibility index (Phi) is 2.73. The largest absolute Gasteiger partial charge is 0.327 e. The molecular formula is C15H10ClN3. The van der Waals surface area contributed by atoms with Crippen molar-refractivity contribution in [3.05, 3.63) is 53.1 Å². The molecule has 0 bridgehead atoms. The Morgan fingerprint density at radius 1 is 1.16 bits per heavy atom. The van der Waals surface area contributed by atoms with Gasteiger partial charge in [-0.15, -0.1) is 0 Å². The summed E-state index contributed by atoms with van der Waals surface area (Å²) in [5.74, 6) is 0.828. The first-order chi connectivity index (χ1) is 9.20. The van der Waals surface area contributed by atoms with E-state index < -0.39 is 0 Å². The number of imidazole rings is 1. The molecule has 0 spiro atoms. The highest BCUT2D eigenvalue weighted by molar-refractivity contribution is 6.30. The number of hydrogen-bond donors (Lipinski definition) is 0. The lowest BCUT2D eigenvalue weighted by Gasteiger charge is -2.02. The number of benzene rings is 2. The van der Waals surface area contributed by atoms with Crippen LogP contribution in [0.2, 0.25) is 5.02 Å². The molecule has 1 heterocycles. The van der Waals surface area contributed by atoms with E-state index in [2.05, 4.69) is 11.1 Å². The molecule has 0 aliphatic rings. The van der Waals surface area contributed by atoms with Crippen LogP contribution < -0.4 is 0 Å². The van der Waals surface area contributed by atoms with Gasteiger partial charge in [0.05, 0.1) is 11.1 Å². The van der Waals surface area contributed by atoms with Crippen LogP contribution in [0.4, 0.5) is 0 Å². The normalized spacial score (nSPS) is 10.6. The second kappa shape index (κ2) is 4.42. The Labute approximate surface area is 115 Å². The van der Waals surface area contributed by atoms with Crippen molar-refractivity contribution in [2.24, 2.45) is 7.05 Å². The molecule has 0 unspecified atom stereocenters. The predicted octanol–water partition coefficient (Wildman–Crippen LogP) is 3.77. The number of fused-ring (bicyclic) bond motifs is 1. The van der Waals surface area contributed by atoms with Crippen molar-refractivity contribution < 1.29 is 0 Å². The lowest BCUT2D eigenvalue weighted by atomic mass is 10.2. The molecule has 0 radical (unpaired) electrons. The summed E-state index contributed by atoms with van der Waals surface area (Å²) >= 11 is 5.90. The molecule has 0 atom stereocenters. The zero-order chi connectivity index (χ0) is 13.4. The summed E-state index contributed by atoms with van der Waals surface area (Å²) in [5.41, 5.74) is 3.25. The Morgan fingerprint density at radius 2 is 1.89 bits per heavy atom. The Bertz CT molecular complexity index is 795. The maximum Gasteiger partial charge on any atom is 0.140 e. The van der Waals surface area contributed by atoms with E-state index in [9.17, 15) is 0 Å². The van der Waals surface area contributed by atoms with Gasteiger partial charge in [-0.3, -0.25) is 0 Å². The minimum atomic E-state index is 0.591. The average molecular weight is 268 g/mol. The smallest absolute Gasteiger partial charge is 0.140 e. The third-order valence-electron chi connectivity index (χ3n) is 3.13. The van der Waals surface area contributed by atoms with Crippen molar-refractivity contribution in [3.63, 3.8) is 0 Å². The maximum atomic E-state index is 9.13. The first kappa shape index (κ1) is 11.8. The molecule has 0 aliphatic heterocycles. The van der Waals surface area contributed by atoms with Crippen LogP contribution in [0.15, 0.2) is 42.5 Å². The van der Waals surface area contributed by atoms with Gasteiger partial charge in [-0.1, -0.05) is 17.7 Å². The molecule has 2 aromatic carbocycles. The second-order valence-electron chi connectivity index (χ2n) is 4.29. The number of aromatic nitrogens is 2. The summed E-state index contributed by atoms with van der Waals surface area (Å²) in [4.78, 5) is 4.58. The molecule has 4 heteroatoms.